The van der Waals surface area contributed by atoms with Crippen molar-refractivity contribution in [3.8, 4) is 0 Å². The van der Waals surface area contributed by atoms with Crippen LogP contribution in [0.3, 0.4) is 0 Å². The first kappa shape index (κ1) is 19.1. The Morgan fingerprint density at radius 1 is 1.43 bits per heavy atom. The Kier molecular flexibility index (Phi) is 4.19. The SMILES string of the molecule is CC(C)c1nc(CN(C)C(=O)C2C3C(=O)N(C(C)(C)C)C[C@@]34C=C[C@@H]2O4)no1. The Labute approximate surface area is 164 Å². The topological polar surface area (TPSA) is 88.8 Å². The Hall–Kier alpha value is -2.22. The maximum Gasteiger partial charge on any atom is 0.230 e. The maximum absolute atomic E-state index is 13.3. The number of rotatable bonds is 4. The molecule has 4 rings (SSSR count). The summed E-state index contributed by atoms with van der Waals surface area (Å²) in [4.78, 5) is 34.2. The van der Waals surface area contributed by atoms with E-state index in [0.717, 1.165) is 0 Å². The van der Waals surface area contributed by atoms with Crippen molar-refractivity contribution in [2.45, 2.75) is 64.3 Å². The van der Waals surface area contributed by atoms with Crippen LogP contribution in [0, 0.1) is 11.8 Å². The number of fused-ring (bicyclic) bond motifs is 1. The predicted octanol–water partition coefficient (Wildman–Crippen LogP) is 1.73. The van der Waals surface area contributed by atoms with Crippen LogP contribution in [-0.2, 0) is 20.9 Å². The van der Waals surface area contributed by atoms with Crippen molar-refractivity contribution in [3.63, 3.8) is 0 Å². The molecule has 4 heterocycles. The molecule has 3 aliphatic rings. The molecule has 4 atom stereocenters. The lowest BCUT2D eigenvalue weighted by atomic mass is 9.76. The van der Waals surface area contributed by atoms with Gasteiger partial charge in [-0.3, -0.25) is 9.59 Å². The minimum atomic E-state index is -0.687. The van der Waals surface area contributed by atoms with Crippen molar-refractivity contribution >= 4 is 11.8 Å². The number of nitrogens with zero attached hydrogens (tertiary/aromatic N) is 4. The van der Waals surface area contributed by atoms with Gasteiger partial charge in [-0.1, -0.05) is 31.2 Å². The van der Waals surface area contributed by atoms with Gasteiger partial charge in [-0.2, -0.15) is 4.98 Å². The van der Waals surface area contributed by atoms with Crippen LogP contribution in [0.4, 0.5) is 0 Å². The summed E-state index contributed by atoms with van der Waals surface area (Å²) in [5, 5.41) is 3.96. The molecule has 8 heteroatoms. The molecule has 2 saturated heterocycles. The summed E-state index contributed by atoms with van der Waals surface area (Å²) >= 11 is 0. The minimum Gasteiger partial charge on any atom is -0.360 e. The second-order valence-electron chi connectivity index (χ2n) is 9.39. The highest BCUT2D eigenvalue weighted by Gasteiger charge is 2.68. The van der Waals surface area contributed by atoms with Crippen LogP contribution in [0.2, 0.25) is 0 Å². The van der Waals surface area contributed by atoms with E-state index in [1.165, 1.54) is 0 Å². The lowest BCUT2D eigenvalue weighted by molar-refractivity contribution is -0.144. The number of amides is 2. The molecule has 3 aliphatic heterocycles. The minimum absolute atomic E-state index is 0.00671. The van der Waals surface area contributed by atoms with Crippen LogP contribution < -0.4 is 0 Å². The van der Waals surface area contributed by atoms with Crippen LogP contribution in [0.5, 0.6) is 0 Å². The van der Waals surface area contributed by atoms with E-state index < -0.39 is 17.4 Å². The van der Waals surface area contributed by atoms with Crippen molar-refractivity contribution in [3.05, 3.63) is 23.9 Å². The number of likely N-dealkylation sites (tertiary alicyclic amines) is 1. The quantitative estimate of drug-likeness (QED) is 0.730. The lowest BCUT2D eigenvalue weighted by Gasteiger charge is -2.34. The molecule has 0 aliphatic carbocycles. The third kappa shape index (κ3) is 2.77. The zero-order valence-corrected chi connectivity index (χ0v) is 17.3. The van der Waals surface area contributed by atoms with Crippen LogP contribution in [0.25, 0.3) is 0 Å². The monoisotopic (exact) mass is 388 g/mol. The molecule has 2 bridgehead atoms. The number of carbonyl (C=O) groups is 2. The number of aromatic nitrogens is 2. The summed E-state index contributed by atoms with van der Waals surface area (Å²) in [6, 6.07) is 0. The van der Waals surface area contributed by atoms with Gasteiger partial charge in [0.25, 0.3) is 0 Å². The van der Waals surface area contributed by atoms with E-state index >= 15 is 0 Å². The molecule has 2 unspecified atom stereocenters. The molecule has 0 N–H and O–H groups in total. The second kappa shape index (κ2) is 6.14. The predicted molar refractivity (Wildman–Crippen MR) is 100 cm³/mol. The molecule has 0 saturated carbocycles. The first-order valence-corrected chi connectivity index (χ1v) is 9.79. The fourth-order valence-electron chi connectivity index (χ4n) is 4.46. The van der Waals surface area contributed by atoms with E-state index in [9.17, 15) is 9.59 Å². The van der Waals surface area contributed by atoms with Gasteiger partial charge in [0.15, 0.2) is 5.82 Å². The van der Waals surface area contributed by atoms with Crippen LogP contribution in [0.1, 0.15) is 52.3 Å². The van der Waals surface area contributed by atoms with E-state index in [1.54, 1.807) is 11.9 Å². The highest BCUT2D eigenvalue weighted by atomic mass is 16.5. The molecule has 8 nitrogen and oxygen atoms in total. The van der Waals surface area contributed by atoms with Gasteiger partial charge in [0.1, 0.15) is 5.60 Å². The third-order valence-electron chi connectivity index (χ3n) is 5.93. The Bertz CT molecular complexity index is 840. The molecule has 1 spiro atoms. The number of ether oxygens (including phenoxy) is 1. The maximum atomic E-state index is 13.3. The summed E-state index contributed by atoms with van der Waals surface area (Å²) in [6.45, 7) is 10.7. The zero-order valence-electron chi connectivity index (χ0n) is 17.3. The average molecular weight is 388 g/mol. The molecule has 0 aromatic carbocycles. The Morgan fingerprint density at radius 2 is 2.14 bits per heavy atom. The van der Waals surface area contributed by atoms with Crippen LogP contribution in [0.15, 0.2) is 16.7 Å². The van der Waals surface area contributed by atoms with E-state index in [0.29, 0.717) is 18.3 Å². The highest BCUT2D eigenvalue weighted by Crippen LogP contribution is 2.53. The fourth-order valence-corrected chi connectivity index (χ4v) is 4.46. The molecule has 152 valence electrons. The summed E-state index contributed by atoms with van der Waals surface area (Å²) in [7, 11) is 1.71. The first-order chi connectivity index (χ1) is 13.0. The summed E-state index contributed by atoms with van der Waals surface area (Å²) in [5.74, 6) is 0.00918. The zero-order chi connectivity index (χ0) is 20.4. The smallest absolute Gasteiger partial charge is 0.230 e. The summed E-state index contributed by atoms with van der Waals surface area (Å²) in [6.07, 6.45) is 3.55. The second-order valence-corrected chi connectivity index (χ2v) is 9.39. The van der Waals surface area contributed by atoms with Crippen molar-refractivity contribution in [2.75, 3.05) is 13.6 Å². The normalized spacial score (nSPS) is 31.2. The fraction of sp³-hybridized carbons (Fsp3) is 0.700. The van der Waals surface area contributed by atoms with Crippen LogP contribution >= 0.6 is 0 Å². The average Bonchev–Trinajstić information content (AvgIpc) is 3.34. The van der Waals surface area contributed by atoms with Gasteiger partial charge in [-0.15, -0.1) is 0 Å². The number of carbonyl (C=O) groups excluding carboxylic acids is 2. The third-order valence-corrected chi connectivity index (χ3v) is 5.93. The van der Waals surface area contributed by atoms with E-state index in [1.807, 2.05) is 51.7 Å². The van der Waals surface area contributed by atoms with Gasteiger partial charge in [0.05, 0.1) is 31.0 Å². The summed E-state index contributed by atoms with van der Waals surface area (Å²) in [5.41, 5.74) is -1.00. The largest absolute Gasteiger partial charge is 0.360 e. The van der Waals surface area contributed by atoms with Gasteiger partial charge in [0.2, 0.25) is 17.7 Å². The van der Waals surface area contributed by atoms with Crippen molar-refractivity contribution < 1.29 is 18.8 Å². The molecular formula is C20H28N4O4. The molecule has 0 radical (unpaired) electrons. The molecule has 1 aromatic rings. The molecule has 2 fully saturated rings. The van der Waals surface area contributed by atoms with Crippen LogP contribution in [-0.4, -0.2) is 62.6 Å². The van der Waals surface area contributed by atoms with Crippen molar-refractivity contribution in [2.24, 2.45) is 11.8 Å². The standard InChI is InChI=1S/C20H28N4O4/c1-11(2)16-21-13(22-28-16)9-23(6)17(25)14-12-7-8-20(27-12)10-24(19(3,4)5)18(26)15(14)20/h7-8,11-12,14-15H,9-10H2,1-6H3/t12-,14?,15?,20-/m0/s1. The Morgan fingerprint density at radius 3 is 2.75 bits per heavy atom. The van der Waals surface area contributed by atoms with Gasteiger partial charge in [-0.25, -0.2) is 0 Å². The molecule has 2 amide bonds. The van der Waals surface area contributed by atoms with E-state index in [-0.39, 0.29) is 35.9 Å². The van der Waals surface area contributed by atoms with Gasteiger partial charge >= 0.3 is 0 Å². The molecule has 1 aromatic heterocycles. The lowest BCUT2D eigenvalue weighted by Crippen LogP contribution is -2.47. The van der Waals surface area contributed by atoms with Gasteiger partial charge < -0.3 is 19.1 Å². The number of hydrogen-bond acceptors (Lipinski definition) is 6. The molecular weight excluding hydrogens is 360 g/mol. The van der Waals surface area contributed by atoms with Gasteiger partial charge in [-0.05, 0) is 20.8 Å². The highest BCUT2D eigenvalue weighted by molar-refractivity contribution is 5.93. The first-order valence-electron chi connectivity index (χ1n) is 9.79. The Balaban J connectivity index is 1.54. The molecule has 28 heavy (non-hydrogen) atoms. The number of hydrogen-bond donors (Lipinski definition) is 0. The summed E-state index contributed by atoms with van der Waals surface area (Å²) < 4.78 is 11.4. The van der Waals surface area contributed by atoms with Crippen molar-refractivity contribution in [1.82, 2.24) is 19.9 Å². The van der Waals surface area contributed by atoms with E-state index in [4.69, 9.17) is 9.26 Å². The van der Waals surface area contributed by atoms with Gasteiger partial charge in [0, 0.05) is 18.5 Å². The van der Waals surface area contributed by atoms with E-state index in [2.05, 4.69) is 10.1 Å². The van der Waals surface area contributed by atoms with Crippen molar-refractivity contribution in [1.29, 1.82) is 0 Å².